The van der Waals surface area contributed by atoms with Crippen LogP contribution in [-0.4, -0.2) is 19.3 Å². The molecule has 0 radical (unpaired) electrons. The van der Waals surface area contributed by atoms with Gasteiger partial charge in [0.15, 0.2) is 14.6 Å². The highest BCUT2D eigenvalue weighted by Gasteiger charge is 2.62. The van der Waals surface area contributed by atoms with E-state index in [4.69, 9.17) is 0 Å². The van der Waals surface area contributed by atoms with Crippen LogP contribution >= 0.6 is 0 Å². The Labute approximate surface area is 158 Å². The smallest absolute Gasteiger partial charge is 0.223 e. The van der Waals surface area contributed by atoms with E-state index in [-0.39, 0.29) is 10.5 Å². The summed E-state index contributed by atoms with van der Waals surface area (Å²) in [5.41, 5.74) is 0.848. The molecule has 144 valence electrons. The zero-order valence-electron chi connectivity index (χ0n) is 14.9. The third-order valence-corrected chi connectivity index (χ3v) is 6.69. The molecule has 0 bridgehead atoms. The summed E-state index contributed by atoms with van der Waals surface area (Å²) in [5.74, 6) is 0. The Morgan fingerprint density at radius 2 is 1.52 bits per heavy atom. The molecule has 0 N–H and O–H groups in total. The van der Waals surface area contributed by atoms with Crippen molar-refractivity contribution in [3.05, 3.63) is 84.5 Å². The van der Waals surface area contributed by atoms with Crippen molar-refractivity contribution in [2.24, 2.45) is 0 Å². The summed E-state index contributed by atoms with van der Waals surface area (Å²) in [7, 11) is -4.71. The molecular formula is C21H21F3O2S. The Hall–Kier alpha value is -2.34. The minimum Gasteiger partial charge on any atom is -0.223 e. The average Bonchev–Trinajstić information content (AvgIpc) is 2.61. The molecule has 0 heterocycles. The summed E-state index contributed by atoms with van der Waals surface area (Å²) in [6.45, 7) is 4.94. The predicted molar refractivity (Wildman–Crippen MR) is 102 cm³/mol. The maximum atomic E-state index is 14.2. The highest BCUT2D eigenvalue weighted by molar-refractivity contribution is 7.93. The highest BCUT2D eigenvalue weighted by atomic mass is 32.2. The molecule has 0 amide bonds. The average molecular weight is 394 g/mol. The Morgan fingerprint density at radius 3 is 2.00 bits per heavy atom. The van der Waals surface area contributed by atoms with Crippen molar-refractivity contribution in [3.63, 3.8) is 0 Å². The van der Waals surface area contributed by atoms with Crippen LogP contribution in [-0.2, 0) is 9.84 Å². The molecule has 1 unspecified atom stereocenters. The molecule has 0 aliphatic rings. The van der Waals surface area contributed by atoms with Gasteiger partial charge in [-0.3, -0.25) is 0 Å². The van der Waals surface area contributed by atoms with Crippen LogP contribution in [0.1, 0.15) is 25.3 Å². The number of hydrogen-bond acceptors (Lipinski definition) is 2. The van der Waals surface area contributed by atoms with Crippen LogP contribution in [0.4, 0.5) is 13.2 Å². The summed E-state index contributed by atoms with van der Waals surface area (Å²) in [6.07, 6.45) is -3.60. The first kappa shape index (κ1) is 21.0. The molecule has 2 rings (SSSR count). The highest BCUT2D eigenvalue weighted by Crippen LogP contribution is 2.47. The number of allylic oxidation sites excluding steroid dienone is 2. The summed E-state index contributed by atoms with van der Waals surface area (Å²) in [6, 6.07) is 15.5. The fourth-order valence-electron chi connectivity index (χ4n) is 2.91. The van der Waals surface area contributed by atoms with E-state index in [0.29, 0.717) is 5.56 Å². The molecule has 0 aliphatic heterocycles. The maximum Gasteiger partial charge on any atom is 0.409 e. The van der Waals surface area contributed by atoms with Crippen LogP contribution < -0.4 is 0 Å². The first-order valence-electron chi connectivity index (χ1n) is 8.32. The van der Waals surface area contributed by atoms with Crippen LogP contribution in [0.2, 0.25) is 0 Å². The molecule has 0 aromatic heterocycles. The third kappa shape index (κ3) is 4.50. The van der Waals surface area contributed by atoms with Crippen molar-refractivity contribution in [3.8, 4) is 0 Å². The lowest BCUT2D eigenvalue weighted by atomic mass is 9.95. The normalized spacial score (nSPS) is 14.8. The molecule has 0 spiro atoms. The molecule has 27 heavy (non-hydrogen) atoms. The third-order valence-electron chi connectivity index (χ3n) is 4.23. The Bertz CT molecular complexity index is 901. The molecule has 2 aromatic carbocycles. The first-order chi connectivity index (χ1) is 12.6. The molecule has 2 nitrogen and oxygen atoms in total. The molecule has 2 aromatic rings. The lowest BCUT2D eigenvalue weighted by Crippen LogP contribution is -2.51. The molecule has 6 heteroatoms. The monoisotopic (exact) mass is 394 g/mol. The van der Waals surface area contributed by atoms with Gasteiger partial charge in [-0.25, -0.2) is 8.42 Å². The van der Waals surface area contributed by atoms with Crippen LogP contribution in [0.5, 0.6) is 0 Å². The van der Waals surface area contributed by atoms with Crippen molar-refractivity contribution in [2.75, 3.05) is 0 Å². The minimum atomic E-state index is -4.97. The van der Waals surface area contributed by atoms with Crippen LogP contribution in [0.25, 0.3) is 6.08 Å². The second-order valence-corrected chi connectivity index (χ2v) is 8.72. The SMILES string of the molecule is C=C(C)CC(C/C=C/c1ccccc1)(C(F)(F)F)S(=O)(=O)c1ccccc1. The molecule has 0 fully saturated rings. The van der Waals surface area contributed by atoms with Gasteiger partial charge in [-0.15, -0.1) is 6.58 Å². The zero-order valence-corrected chi connectivity index (χ0v) is 15.7. The van der Waals surface area contributed by atoms with Crippen molar-refractivity contribution in [1.82, 2.24) is 0 Å². The summed E-state index contributed by atoms with van der Waals surface area (Å²) in [5, 5.41) is 0. The van der Waals surface area contributed by atoms with E-state index in [1.807, 2.05) is 0 Å². The van der Waals surface area contributed by atoms with Gasteiger partial charge >= 0.3 is 6.18 Å². The number of halogens is 3. The van der Waals surface area contributed by atoms with Crippen molar-refractivity contribution in [2.45, 2.75) is 35.6 Å². The molecule has 0 saturated carbocycles. The van der Waals surface area contributed by atoms with Gasteiger partial charge in [0.1, 0.15) is 0 Å². The number of sulfone groups is 1. The van der Waals surface area contributed by atoms with Gasteiger partial charge in [0.25, 0.3) is 0 Å². The van der Waals surface area contributed by atoms with E-state index >= 15 is 0 Å². The van der Waals surface area contributed by atoms with Gasteiger partial charge < -0.3 is 0 Å². The van der Waals surface area contributed by atoms with E-state index in [9.17, 15) is 21.6 Å². The number of rotatable bonds is 7. The topological polar surface area (TPSA) is 34.1 Å². The van der Waals surface area contributed by atoms with Crippen LogP contribution in [0.3, 0.4) is 0 Å². The lowest BCUT2D eigenvalue weighted by Gasteiger charge is -2.34. The minimum absolute atomic E-state index is 0.153. The molecule has 0 aliphatic carbocycles. The molecular weight excluding hydrogens is 373 g/mol. The maximum absolute atomic E-state index is 14.2. The second-order valence-electron chi connectivity index (χ2n) is 6.46. The fourth-order valence-corrected chi connectivity index (χ4v) is 4.93. The van der Waals surface area contributed by atoms with Crippen LogP contribution in [0, 0.1) is 0 Å². The van der Waals surface area contributed by atoms with E-state index in [1.165, 1.54) is 43.3 Å². The number of alkyl halides is 3. The number of hydrogen-bond donors (Lipinski definition) is 0. The quantitative estimate of drug-likeness (QED) is 0.554. The number of benzene rings is 2. The van der Waals surface area contributed by atoms with Crippen molar-refractivity contribution < 1.29 is 21.6 Å². The first-order valence-corrected chi connectivity index (χ1v) is 9.81. The zero-order chi connectivity index (χ0) is 20.1. The Balaban J connectivity index is 2.56. The van der Waals surface area contributed by atoms with E-state index in [2.05, 4.69) is 6.58 Å². The largest absolute Gasteiger partial charge is 0.409 e. The van der Waals surface area contributed by atoms with Crippen molar-refractivity contribution >= 4 is 15.9 Å². The summed E-state index contributed by atoms with van der Waals surface area (Å²) >= 11 is 0. The van der Waals surface area contributed by atoms with Crippen LogP contribution in [0.15, 0.2) is 83.8 Å². The van der Waals surface area contributed by atoms with E-state index < -0.39 is 33.6 Å². The summed E-state index contributed by atoms with van der Waals surface area (Å²) < 4.78 is 65.8. The Kier molecular flexibility index (Phi) is 6.31. The van der Waals surface area contributed by atoms with Gasteiger partial charge in [-0.05, 0) is 37.5 Å². The standard InChI is InChI=1S/C21H21F3O2S/c1-17(2)16-20(21(22,23)24,15-9-12-18-10-5-3-6-11-18)27(25,26)19-13-7-4-8-14-19/h3-14H,1,15-16H2,2H3/b12-9+. The van der Waals surface area contributed by atoms with E-state index in [1.54, 1.807) is 36.4 Å². The fraction of sp³-hybridized carbons (Fsp3) is 0.238. The predicted octanol–water partition coefficient (Wildman–Crippen LogP) is 5.83. The van der Waals surface area contributed by atoms with Gasteiger partial charge in [0, 0.05) is 0 Å². The van der Waals surface area contributed by atoms with Gasteiger partial charge in [-0.1, -0.05) is 66.3 Å². The van der Waals surface area contributed by atoms with Crippen molar-refractivity contribution in [1.29, 1.82) is 0 Å². The lowest BCUT2D eigenvalue weighted by molar-refractivity contribution is -0.160. The van der Waals surface area contributed by atoms with Gasteiger partial charge in [0.05, 0.1) is 4.90 Å². The molecule has 0 saturated heterocycles. The van der Waals surface area contributed by atoms with Gasteiger partial charge in [-0.2, -0.15) is 13.2 Å². The van der Waals surface area contributed by atoms with E-state index in [0.717, 1.165) is 0 Å². The molecule has 1 atom stereocenters. The summed E-state index contributed by atoms with van der Waals surface area (Å²) in [4.78, 5) is -0.350. The Morgan fingerprint density at radius 1 is 1.00 bits per heavy atom. The van der Waals surface area contributed by atoms with Gasteiger partial charge in [0.2, 0.25) is 0 Å². The second kappa shape index (κ2) is 8.13.